The zero-order chi connectivity index (χ0) is 24.7. The Morgan fingerprint density at radius 1 is 1.24 bits per heavy atom. The summed E-state index contributed by atoms with van der Waals surface area (Å²) in [4.78, 5) is 19.9. The number of carbonyl (C=O) groups is 1. The van der Waals surface area contributed by atoms with Gasteiger partial charge in [0.2, 0.25) is 0 Å². The van der Waals surface area contributed by atoms with Crippen molar-refractivity contribution < 1.29 is 9.53 Å². The molecule has 1 aromatic carbocycles. The second kappa shape index (κ2) is 11.7. The Balaban J connectivity index is 1.70. The highest BCUT2D eigenvalue weighted by molar-refractivity contribution is 6.33. The number of piperidine rings is 1. The van der Waals surface area contributed by atoms with Gasteiger partial charge in [-0.1, -0.05) is 44.5 Å². The van der Waals surface area contributed by atoms with Crippen LogP contribution in [0.2, 0.25) is 5.02 Å². The summed E-state index contributed by atoms with van der Waals surface area (Å²) in [5.41, 5.74) is 4.86. The van der Waals surface area contributed by atoms with E-state index >= 15 is 0 Å². The monoisotopic (exact) mass is 483 g/mol. The number of amides is 1. The minimum Gasteiger partial charge on any atom is -0.383 e. The number of likely N-dealkylation sites (tertiary alicyclic amines) is 1. The molecule has 3 rings (SSSR count). The Labute approximate surface area is 207 Å². The maximum Gasteiger partial charge on any atom is 0.269 e. The Morgan fingerprint density at radius 3 is 2.50 bits per heavy atom. The van der Waals surface area contributed by atoms with Crippen molar-refractivity contribution in [3.63, 3.8) is 0 Å². The third-order valence-corrected chi connectivity index (χ3v) is 6.21. The molecule has 34 heavy (non-hydrogen) atoms. The molecule has 2 heterocycles. The van der Waals surface area contributed by atoms with Gasteiger partial charge in [-0.3, -0.25) is 15.2 Å². The van der Waals surface area contributed by atoms with Gasteiger partial charge in [0.25, 0.3) is 5.91 Å². The Hall–Kier alpha value is -2.66. The summed E-state index contributed by atoms with van der Waals surface area (Å²) < 4.78 is 5.18. The van der Waals surface area contributed by atoms with E-state index in [-0.39, 0.29) is 17.0 Å². The molecule has 0 atom stereocenters. The van der Waals surface area contributed by atoms with E-state index in [2.05, 4.69) is 48.2 Å². The fraction of sp³-hybridized carbons (Fsp3) is 0.500. The van der Waals surface area contributed by atoms with Crippen molar-refractivity contribution in [2.45, 2.75) is 39.5 Å². The van der Waals surface area contributed by atoms with Gasteiger partial charge in [0.05, 0.1) is 11.6 Å². The molecule has 0 radical (unpaired) electrons. The summed E-state index contributed by atoms with van der Waals surface area (Å²) in [7, 11) is 1.74. The number of hydrogen-bond acceptors (Lipinski definition) is 6. The summed E-state index contributed by atoms with van der Waals surface area (Å²) >= 11 is 6.38. The van der Waals surface area contributed by atoms with Gasteiger partial charge in [0.15, 0.2) is 5.82 Å². The third kappa shape index (κ3) is 7.17. The number of benzene rings is 1. The van der Waals surface area contributed by atoms with Gasteiger partial charge in [0, 0.05) is 25.8 Å². The van der Waals surface area contributed by atoms with Gasteiger partial charge in [-0.05, 0) is 67.1 Å². The number of carbonyl (C=O) groups excluding carboxylic acids is 1. The van der Waals surface area contributed by atoms with Crippen LogP contribution in [0.4, 0.5) is 5.82 Å². The average molecular weight is 484 g/mol. The molecule has 0 spiro atoms. The van der Waals surface area contributed by atoms with Crippen LogP contribution < -0.4 is 10.4 Å². The summed E-state index contributed by atoms with van der Waals surface area (Å²) in [5.74, 6) is 0.622. The second-order valence-corrected chi connectivity index (χ2v) is 10.3. The quantitative estimate of drug-likeness (QED) is 0.551. The number of methoxy groups -OCH3 is 1. The molecule has 1 amide bonds. The van der Waals surface area contributed by atoms with E-state index in [0.29, 0.717) is 28.9 Å². The smallest absolute Gasteiger partial charge is 0.269 e. The molecule has 0 saturated carbocycles. The van der Waals surface area contributed by atoms with Crippen molar-refractivity contribution in [1.29, 1.82) is 5.26 Å². The number of pyridine rings is 1. The van der Waals surface area contributed by atoms with E-state index in [1.165, 1.54) is 5.56 Å². The van der Waals surface area contributed by atoms with E-state index in [1.54, 1.807) is 24.3 Å². The maximum absolute atomic E-state index is 13.1. The van der Waals surface area contributed by atoms with Crippen molar-refractivity contribution in [1.82, 2.24) is 15.3 Å². The summed E-state index contributed by atoms with van der Waals surface area (Å²) in [6.45, 7) is 10.5. The van der Waals surface area contributed by atoms with Crippen LogP contribution in [-0.2, 0) is 4.74 Å². The van der Waals surface area contributed by atoms with Gasteiger partial charge < -0.3 is 9.64 Å². The van der Waals surface area contributed by atoms with Crippen molar-refractivity contribution in [3.05, 3.63) is 58.2 Å². The van der Waals surface area contributed by atoms with E-state index in [4.69, 9.17) is 16.3 Å². The average Bonchev–Trinajstić information content (AvgIpc) is 2.82. The number of nitrogens with one attached hydrogen (secondary N) is 1. The lowest BCUT2D eigenvalue weighted by Crippen LogP contribution is -2.47. The van der Waals surface area contributed by atoms with Crippen LogP contribution in [0.5, 0.6) is 0 Å². The predicted octanol–water partition coefficient (Wildman–Crippen LogP) is 4.63. The zero-order valence-electron chi connectivity index (χ0n) is 20.5. The summed E-state index contributed by atoms with van der Waals surface area (Å²) in [6.07, 6.45) is 2.21. The molecule has 1 N–H and O–H groups in total. The topological polar surface area (TPSA) is 81.5 Å². The number of aromatic nitrogens is 1. The van der Waals surface area contributed by atoms with Gasteiger partial charge in [0.1, 0.15) is 11.8 Å². The molecule has 0 bridgehead atoms. The standard InChI is InChI=1S/C26H34ClN5O2/c1-26(2,3)18-32(24-23(27)10-9-22(17-28)29-24)30-25(33)21-7-5-19(6-8-21)20-11-13-31(14-12-20)15-16-34-4/h5-10,20H,11-16,18H2,1-4H3,(H,30,33). The summed E-state index contributed by atoms with van der Waals surface area (Å²) in [5, 5.41) is 11.2. The number of ether oxygens (including phenoxy) is 1. The highest BCUT2D eigenvalue weighted by Gasteiger charge is 2.24. The van der Waals surface area contributed by atoms with Gasteiger partial charge >= 0.3 is 0 Å². The van der Waals surface area contributed by atoms with Crippen molar-refractivity contribution in [3.8, 4) is 6.07 Å². The first-order valence-corrected chi connectivity index (χ1v) is 12.0. The van der Waals surface area contributed by atoms with Crippen LogP contribution >= 0.6 is 11.6 Å². The molecular weight excluding hydrogens is 450 g/mol. The minimum absolute atomic E-state index is 0.150. The number of halogens is 1. The normalized spacial score (nSPS) is 15.1. The number of hydrazine groups is 1. The second-order valence-electron chi connectivity index (χ2n) is 9.93. The van der Waals surface area contributed by atoms with E-state index in [9.17, 15) is 10.1 Å². The number of anilines is 1. The maximum atomic E-state index is 13.1. The highest BCUT2D eigenvalue weighted by atomic mass is 35.5. The number of nitriles is 1. The lowest BCUT2D eigenvalue weighted by atomic mass is 9.89. The molecule has 1 fully saturated rings. The van der Waals surface area contributed by atoms with Crippen LogP contribution in [0.1, 0.15) is 61.1 Å². The summed E-state index contributed by atoms with van der Waals surface area (Å²) in [6, 6.07) is 13.1. The number of hydrogen-bond donors (Lipinski definition) is 1. The van der Waals surface area contributed by atoms with E-state index in [1.807, 2.05) is 18.2 Å². The van der Waals surface area contributed by atoms with Gasteiger partial charge in [-0.15, -0.1) is 0 Å². The fourth-order valence-electron chi connectivity index (χ4n) is 4.13. The van der Waals surface area contributed by atoms with Gasteiger partial charge in [-0.2, -0.15) is 5.26 Å². The molecular formula is C26H34ClN5O2. The Morgan fingerprint density at radius 2 is 1.91 bits per heavy atom. The molecule has 0 unspecified atom stereocenters. The first-order valence-electron chi connectivity index (χ1n) is 11.7. The Kier molecular flexibility index (Phi) is 8.90. The SMILES string of the molecule is COCCN1CCC(c2ccc(C(=O)NN(CC(C)(C)C)c3nc(C#N)ccc3Cl)cc2)CC1. The van der Waals surface area contributed by atoms with Crippen molar-refractivity contribution >= 4 is 23.3 Å². The molecule has 1 aliphatic heterocycles. The number of nitrogens with zero attached hydrogens (tertiary/aromatic N) is 4. The Bertz CT molecular complexity index is 1010. The lowest BCUT2D eigenvalue weighted by molar-refractivity contribution is 0.0945. The van der Waals surface area contributed by atoms with Crippen LogP contribution in [-0.4, -0.2) is 55.7 Å². The van der Waals surface area contributed by atoms with E-state index in [0.717, 1.165) is 39.1 Å². The zero-order valence-corrected chi connectivity index (χ0v) is 21.2. The fourth-order valence-corrected chi connectivity index (χ4v) is 4.34. The molecule has 1 saturated heterocycles. The lowest BCUT2D eigenvalue weighted by Gasteiger charge is -2.32. The highest BCUT2D eigenvalue weighted by Crippen LogP contribution is 2.29. The van der Waals surface area contributed by atoms with Crippen LogP contribution in [0, 0.1) is 16.7 Å². The predicted molar refractivity (Wildman–Crippen MR) is 135 cm³/mol. The molecule has 2 aromatic rings. The molecule has 1 aliphatic rings. The molecule has 182 valence electrons. The molecule has 8 heteroatoms. The third-order valence-electron chi connectivity index (χ3n) is 5.91. The molecule has 0 aliphatic carbocycles. The first kappa shape index (κ1) is 26.0. The van der Waals surface area contributed by atoms with Crippen LogP contribution in [0.25, 0.3) is 0 Å². The number of rotatable bonds is 8. The minimum atomic E-state index is -0.245. The van der Waals surface area contributed by atoms with Crippen molar-refractivity contribution in [2.75, 3.05) is 44.9 Å². The molecule has 7 nitrogen and oxygen atoms in total. The van der Waals surface area contributed by atoms with Crippen LogP contribution in [0.15, 0.2) is 36.4 Å². The largest absolute Gasteiger partial charge is 0.383 e. The van der Waals surface area contributed by atoms with Gasteiger partial charge in [-0.25, -0.2) is 4.98 Å². The van der Waals surface area contributed by atoms with Crippen molar-refractivity contribution in [2.24, 2.45) is 5.41 Å². The molecule has 1 aromatic heterocycles. The van der Waals surface area contributed by atoms with E-state index < -0.39 is 0 Å². The van der Waals surface area contributed by atoms with Crippen LogP contribution in [0.3, 0.4) is 0 Å². The first-order chi connectivity index (χ1) is 16.2.